The number of methoxy groups -OCH3 is 1. The predicted octanol–water partition coefficient (Wildman–Crippen LogP) is 2.51. The van der Waals surface area contributed by atoms with Crippen LogP contribution in [0.3, 0.4) is 0 Å². The standard InChI is InChI=1S/C21H20N4O3/c1-13(14-5-3-6-16(11-14)28-2)23-24-20(26)15-8-9-17-18(12-15)22-19-7-4-10-25(19)21(17)27/h3,5-6,8-9,11-12H,4,7,10H2,1-2H3,(H,24,26)/b23-13-. The molecule has 1 amide bonds. The Morgan fingerprint density at radius 1 is 1.21 bits per heavy atom. The van der Waals surface area contributed by atoms with Gasteiger partial charge in [-0.2, -0.15) is 5.10 Å². The highest BCUT2D eigenvalue weighted by atomic mass is 16.5. The Balaban J connectivity index is 1.58. The maximum absolute atomic E-state index is 12.5. The zero-order chi connectivity index (χ0) is 19.7. The molecule has 1 aliphatic heterocycles. The molecule has 0 unspecified atom stereocenters. The van der Waals surface area contributed by atoms with Crippen LogP contribution < -0.4 is 15.7 Å². The van der Waals surface area contributed by atoms with Gasteiger partial charge in [0.25, 0.3) is 11.5 Å². The zero-order valence-corrected chi connectivity index (χ0v) is 15.7. The monoisotopic (exact) mass is 376 g/mol. The molecule has 0 atom stereocenters. The molecule has 1 N–H and O–H groups in total. The summed E-state index contributed by atoms with van der Waals surface area (Å²) in [6.45, 7) is 2.51. The number of hydrogen-bond donors (Lipinski definition) is 1. The molecule has 4 rings (SSSR count). The van der Waals surface area contributed by atoms with Crippen molar-refractivity contribution < 1.29 is 9.53 Å². The average molecular weight is 376 g/mol. The summed E-state index contributed by atoms with van der Waals surface area (Å²) in [5, 5.41) is 4.70. The van der Waals surface area contributed by atoms with Crippen molar-refractivity contribution in [3.05, 3.63) is 69.8 Å². The number of nitrogens with zero attached hydrogens (tertiary/aromatic N) is 3. The number of benzene rings is 2. The van der Waals surface area contributed by atoms with Crippen molar-refractivity contribution in [1.82, 2.24) is 15.0 Å². The normalized spacial score (nSPS) is 13.4. The average Bonchev–Trinajstić information content (AvgIpc) is 3.20. The number of aromatic nitrogens is 2. The quantitative estimate of drug-likeness (QED) is 0.560. The molecule has 142 valence electrons. The van der Waals surface area contributed by atoms with Gasteiger partial charge in [-0.15, -0.1) is 0 Å². The fraction of sp³-hybridized carbons (Fsp3) is 0.238. The molecule has 0 saturated carbocycles. The van der Waals surface area contributed by atoms with Crippen molar-refractivity contribution in [2.75, 3.05) is 7.11 Å². The number of rotatable bonds is 4. The third-order valence-electron chi connectivity index (χ3n) is 4.89. The lowest BCUT2D eigenvalue weighted by Gasteiger charge is -2.07. The van der Waals surface area contributed by atoms with E-state index in [-0.39, 0.29) is 11.5 Å². The summed E-state index contributed by atoms with van der Waals surface area (Å²) < 4.78 is 6.92. The number of carbonyl (C=O) groups excluding carboxylic acids is 1. The van der Waals surface area contributed by atoms with Crippen molar-refractivity contribution in [3.63, 3.8) is 0 Å². The van der Waals surface area contributed by atoms with Gasteiger partial charge in [0.05, 0.1) is 23.7 Å². The van der Waals surface area contributed by atoms with E-state index in [9.17, 15) is 9.59 Å². The number of aryl methyl sites for hydroxylation is 1. The molecule has 2 heterocycles. The molecular formula is C21H20N4O3. The van der Waals surface area contributed by atoms with Crippen molar-refractivity contribution >= 4 is 22.5 Å². The highest BCUT2D eigenvalue weighted by Gasteiger charge is 2.17. The zero-order valence-electron chi connectivity index (χ0n) is 15.7. The molecule has 1 aromatic heterocycles. The second kappa shape index (κ2) is 7.26. The third-order valence-corrected chi connectivity index (χ3v) is 4.89. The van der Waals surface area contributed by atoms with E-state index in [1.54, 1.807) is 36.8 Å². The van der Waals surface area contributed by atoms with Gasteiger partial charge in [0.15, 0.2) is 0 Å². The summed E-state index contributed by atoms with van der Waals surface area (Å²) in [5.41, 5.74) is 4.97. The second-order valence-corrected chi connectivity index (χ2v) is 6.69. The molecule has 0 spiro atoms. The van der Waals surface area contributed by atoms with Crippen LogP contribution in [0.1, 0.15) is 35.1 Å². The summed E-state index contributed by atoms with van der Waals surface area (Å²) in [6.07, 6.45) is 1.70. The number of carbonyl (C=O) groups is 1. The Hall–Kier alpha value is -3.48. The second-order valence-electron chi connectivity index (χ2n) is 6.69. The Labute approximate surface area is 161 Å². The van der Waals surface area contributed by atoms with E-state index in [1.165, 1.54) is 0 Å². The smallest absolute Gasteiger partial charge is 0.271 e. The first-order chi connectivity index (χ1) is 13.6. The maximum Gasteiger partial charge on any atom is 0.271 e. The molecule has 7 heteroatoms. The number of nitrogens with one attached hydrogen (secondary N) is 1. The van der Waals surface area contributed by atoms with Crippen LogP contribution in [-0.2, 0) is 13.0 Å². The lowest BCUT2D eigenvalue weighted by molar-refractivity contribution is 0.0955. The molecular weight excluding hydrogens is 356 g/mol. The van der Waals surface area contributed by atoms with Gasteiger partial charge in [0.2, 0.25) is 0 Å². The molecule has 28 heavy (non-hydrogen) atoms. The molecule has 0 aliphatic carbocycles. The molecule has 0 fully saturated rings. The van der Waals surface area contributed by atoms with Crippen LogP contribution in [0.25, 0.3) is 10.9 Å². The molecule has 2 aromatic carbocycles. The maximum atomic E-state index is 12.5. The van der Waals surface area contributed by atoms with Crippen molar-refractivity contribution in [2.24, 2.45) is 5.10 Å². The summed E-state index contributed by atoms with van der Waals surface area (Å²) >= 11 is 0. The summed E-state index contributed by atoms with van der Waals surface area (Å²) in [4.78, 5) is 29.6. The number of amides is 1. The van der Waals surface area contributed by atoms with E-state index in [0.29, 0.717) is 28.7 Å². The summed E-state index contributed by atoms with van der Waals surface area (Å²) in [7, 11) is 1.60. The largest absolute Gasteiger partial charge is 0.497 e. The van der Waals surface area contributed by atoms with Gasteiger partial charge in [-0.05, 0) is 43.7 Å². The van der Waals surface area contributed by atoms with E-state index in [1.807, 2.05) is 24.3 Å². The van der Waals surface area contributed by atoms with E-state index < -0.39 is 0 Å². The third kappa shape index (κ3) is 3.26. The van der Waals surface area contributed by atoms with Gasteiger partial charge < -0.3 is 4.74 Å². The van der Waals surface area contributed by atoms with Gasteiger partial charge in [-0.3, -0.25) is 14.2 Å². The molecule has 3 aromatic rings. The predicted molar refractivity (Wildman–Crippen MR) is 107 cm³/mol. The first-order valence-corrected chi connectivity index (χ1v) is 9.09. The van der Waals surface area contributed by atoms with Gasteiger partial charge in [0.1, 0.15) is 11.6 Å². The van der Waals surface area contributed by atoms with Gasteiger partial charge >= 0.3 is 0 Å². The minimum Gasteiger partial charge on any atom is -0.497 e. The molecule has 0 bridgehead atoms. The van der Waals surface area contributed by atoms with E-state index in [2.05, 4.69) is 15.5 Å². The first-order valence-electron chi connectivity index (χ1n) is 9.09. The van der Waals surface area contributed by atoms with Crippen LogP contribution in [0, 0.1) is 0 Å². The Morgan fingerprint density at radius 3 is 2.89 bits per heavy atom. The lowest BCUT2D eigenvalue weighted by atomic mass is 10.1. The van der Waals surface area contributed by atoms with Crippen LogP contribution in [0.2, 0.25) is 0 Å². The number of hydrogen-bond acceptors (Lipinski definition) is 5. The van der Waals surface area contributed by atoms with E-state index in [4.69, 9.17) is 4.74 Å². The Kier molecular flexibility index (Phi) is 4.65. The Morgan fingerprint density at radius 2 is 2.07 bits per heavy atom. The van der Waals surface area contributed by atoms with Gasteiger partial charge in [-0.25, -0.2) is 10.4 Å². The minimum absolute atomic E-state index is 0.0450. The highest BCUT2D eigenvalue weighted by molar-refractivity contribution is 6.02. The highest BCUT2D eigenvalue weighted by Crippen LogP contribution is 2.16. The molecule has 0 radical (unpaired) electrons. The first kappa shape index (κ1) is 17.9. The summed E-state index contributed by atoms with van der Waals surface area (Å²) in [5.74, 6) is 1.14. The minimum atomic E-state index is -0.355. The van der Waals surface area contributed by atoms with Crippen molar-refractivity contribution in [3.8, 4) is 5.75 Å². The number of fused-ring (bicyclic) bond motifs is 2. The van der Waals surface area contributed by atoms with Crippen LogP contribution in [0.15, 0.2) is 52.4 Å². The summed E-state index contributed by atoms with van der Waals surface area (Å²) in [6, 6.07) is 12.4. The van der Waals surface area contributed by atoms with Crippen LogP contribution >= 0.6 is 0 Å². The van der Waals surface area contributed by atoms with Crippen molar-refractivity contribution in [2.45, 2.75) is 26.3 Å². The van der Waals surface area contributed by atoms with Crippen molar-refractivity contribution in [1.29, 1.82) is 0 Å². The molecule has 0 saturated heterocycles. The number of hydrazone groups is 1. The number of ether oxygens (including phenoxy) is 1. The molecule has 1 aliphatic rings. The van der Waals surface area contributed by atoms with Gasteiger partial charge in [-0.1, -0.05) is 12.1 Å². The SMILES string of the molecule is COc1cccc(/C(C)=N\NC(=O)c2ccc3c(=O)n4c(nc3c2)CCC4)c1. The van der Waals surface area contributed by atoms with Gasteiger partial charge in [0, 0.05) is 24.1 Å². The fourth-order valence-electron chi connectivity index (χ4n) is 3.34. The van der Waals surface area contributed by atoms with Crippen LogP contribution in [0.5, 0.6) is 5.75 Å². The topological polar surface area (TPSA) is 85.6 Å². The lowest BCUT2D eigenvalue weighted by Crippen LogP contribution is -2.22. The van der Waals surface area contributed by atoms with E-state index >= 15 is 0 Å². The van der Waals surface area contributed by atoms with E-state index in [0.717, 1.165) is 30.0 Å². The molecule has 7 nitrogen and oxygen atoms in total. The van der Waals surface area contributed by atoms with Crippen LogP contribution in [0.4, 0.5) is 0 Å². The Bertz CT molecular complexity index is 1160. The fourth-order valence-corrected chi connectivity index (χ4v) is 3.34. The van der Waals surface area contributed by atoms with Crippen LogP contribution in [-0.4, -0.2) is 28.3 Å².